The molecule has 7 N–H and O–H groups in total. The topological polar surface area (TPSA) is 142 Å². The largest absolute Gasteiger partial charge is 0.390 e. The van der Waals surface area contributed by atoms with Crippen molar-refractivity contribution in [2.45, 2.75) is 62.9 Å². The summed E-state index contributed by atoms with van der Waals surface area (Å²) in [6.07, 6.45) is 7.05. The molecule has 1 saturated carbocycles. The summed E-state index contributed by atoms with van der Waals surface area (Å²) in [5.74, 6) is 0.505. The molecule has 0 bridgehead atoms. The van der Waals surface area contributed by atoms with Crippen molar-refractivity contribution in [3.8, 4) is 22.4 Å². The summed E-state index contributed by atoms with van der Waals surface area (Å²) in [6.45, 7) is 4.24. The lowest BCUT2D eigenvalue weighted by molar-refractivity contribution is -0.358. The third-order valence-corrected chi connectivity index (χ3v) is 8.02. The van der Waals surface area contributed by atoms with Crippen molar-refractivity contribution in [3.05, 3.63) is 47.8 Å². The molecule has 0 saturated heterocycles. The quantitative estimate of drug-likeness (QED) is 0.359. The molecule has 33 heavy (non-hydrogen) atoms. The van der Waals surface area contributed by atoms with Crippen LogP contribution in [0.3, 0.4) is 0 Å². The average Bonchev–Trinajstić information content (AvgIpc) is 3.20. The Bertz CT molecular complexity index is 1250. The summed E-state index contributed by atoms with van der Waals surface area (Å²) in [7, 11) is -3.22. The molecule has 0 amide bonds. The van der Waals surface area contributed by atoms with Gasteiger partial charge >= 0.3 is 0 Å². The van der Waals surface area contributed by atoms with E-state index in [1.54, 1.807) is 12.1 Å². The molecular weight excluding hydrogens is 436 g/mol. The summed E-state index contributed by atoms with van der Waals surface area (Å²) in [4.78, 5) is 3.51. The molecule has 1 unspecified atom stereocenters. The maximum Gasteiger partial charge on any atom is 0.279 e. The van der Waals surface area contributed by atoms with Crippen LogP contribution in [0.15, 0.2) is 41.4 Å². The Morgan fingerprint density at radius 1 is 1.21 bits per heavy atom. The number of hydrogen-bond acceptors (Lipinski definition) is 5. The van der Waals surface area contributed by atoms with Crippen LogP contribution in [0, 0.1) is 18.6 Å². The number of nitrogens with two attached hydrogens (primary N) is 1. The van der Waals surface area contributed by atoms with Crippen molar-refractivity contribution >= 4 is 15.7 Å². The third-order valence-electron chi connectivity index (χ3n) is 6.49. The third kappa shape index (κ3) is 5.26. The fourth-order valence-corrected chi connectivity index (χ4v) is 5.59. The van der Waals surface area contributed by atoms with Crippen LogP contribution in [-0.2, 0) is 9.92 Å². The van der Waals surface area contributed by atoms with Gasteiger partial charge in [-0.15, -0.1) is 0 Å². The SMILES string of the molecule is Cc1cc(-c2cc(-c3cc(S(=N)(=O)NCCC4(O)CCCCC4)ccc3C)c[nH+]c2N)n[nH]1. The predicted octanol–water partition coefficient (Wildman–Crippen LogP) is 3.75. The maximum atomic E-state index is 13.2. The summed E-state index contributed by atoms with van der Waals surface area (Å²) in [5.41, 5.74) is 10.6. The number of hydrogen-bond donors (Lipinski definition) is 5. The highest BCUT2D eigenvalue weighted by Crippen LogP contribution is 2.32. The van der Waals surface area contributed by atoms with Gasteiger partial charge < -0.3 is 5.11 Å². The van der Waals surface area contributed by atoms with Gasteiger partial charge in [-0.3, -0.25) is 10.8 Å². The van der Waals surface area contributed by atoms with Crippen molar-refractivity contribution in [2.24, 2.45) is 0 Å². The average molecular weight is 470 g/mol. The molecule has 2 heterocycles. The molecule has 1 fully saturated rings. The zero-order valence-corrected chi connectivity index (χ0v) is 20.0. The van der Waals surface area contributed by atoms with Crippen LogP contribution in [0.1, 0.15) is 49.8 Å². The van der Waals surface area contributed by atoms with E-state index in [2.05, 4.69) is 19.9 Å². The van der Waals surface area contributed by atoms with E-state index in [-0.39, 0.29) is 0 Å². The second kappa shape index (κ2) is 9.24. The normalized spacial score (nSPS) is 17.5. The van der Waals surface area contributed by atoms with Crippen LogP contribution in [0.4, 0.5) is 5.82 Å². The Hall–Kier alpha value is -2.75. The van der Waals surface area contributed by atoms with E-state index in [1.807, 2.05) is 38.2 Å². The number of aromatic amines is 2. The Morgan fingerprint density at radius 3 is 2.67 bits per heavy atom. The Labute approximate surface area is 195 Å². The van der Waals surface area contributed by atoms with Crippen LogP contribution in [0.5, 0.6) is 0 Å². The molecule has 0 spiro atoms. The first kappa shape index (κ1) is 23.4. The van der Waals surface area contributed by atoms with Gasteiger partial charge in [0, 0.05) is 17.8 Å². The second-order valence-electron chi connectivity index (χ2n) is 9.11. The lowest BCUT2D eigenvalue weighted by atomic mass is 9.83. The summed E-state index contributed by atoms with van der Waals surface area (Å²) < 4.78 is 24.6. The van der Waals surface area contributed by atoms with E-state index >= 15 is 0 Å². The van der Waals surface area contributed by atoms with E-state index in [9.17, 15) is 9.32 Å². The number of rotatable bonds is 7. The van der Waals surface area contributed by atoms with E-state index < -0.39 is 15.5 Å². The van der Waals surface area contributed by atoms with Crippen LogP contribution < -0.4 is 15.4 Å². The molecular formula is C24H33N6O2S+. The minimum atomic E-state index is -3.22. The van der Waals surface area contributed by atoms with Crippen molar-refractivity contribution in [1.29, 1.82) is 4.78 Å². The van der Waals surface area contributed by atoms with Gasteiger partial charge in [-0.05, 0) is 68.5 Å². The lowest BCUT2D eigenvalue weighted by Gasteiger charge is -2.32. The molecule has 1 atom stereocenters. The number of nitrogen functional groups attached to an aromatic ring is 1. The molecule has 1 aliphatic carbocycles. The van der Waals surface area contributed by atoms with Gasteiger partial charge in [-0.25, -0.2) is 18.7 Å². The van der Waals surface area contributed by atoms with Crippen molar-refractivity contribution in [2.75, 3.05) is 12.3 Å². The van der Waals surface area contributed by atoms with Crippen molar-refractivity contribution in [3.63, 3.8) is 0 Å². The Kier molecular flexibility index (Phi) is 6.56. The second-order valence-corrected chi connectivity index (χ2v) is 11.0. The Morgan fingerprint density at radius 2 is 1.97 bits per heavy atom. The number of anilines is 1. The zero-order chi connectivity index (χ0) is 23.6. The number of benzene rings is 1. The first-order valence-corrected chi connectivity index (χ1v) is 12.9. The van der Waals surface area contributed by atoms with E-state index in [0.717, 1.165) is 65.7 Å². The molecule has 2 aromatic heterocycles. The zero-order valence-electron chi connectivity index (χ0n) is 19.2. The highest BCUT2D eigenvalue weighted by molar-refractivity contribution is 7.90. The molecule has 176 valence electrons. The van der Waals surface area contributed by atoms with Gasteiger partial charge in [0.2, 0.25) is 0 Å². The number of aliphatic hydroxyl groups is 1. The van der Waals surface area contributed by atoms with Gasteiger partial charge in [0.15, 0.2) is 0 Å². The summed E-state index contributed by atoms with van der Waals surface area (Å²) >= 11 is 0. The van der Waals surface area contributed by atoms with Gasteiger partial charge in [0.25, 0.3) is 5.82 Å². The highest BCUT2D eigenvalue weighted by atomic mass is 32.2. The molecule has 1 aliphatic rings. The van der Waals surface area contributed by atoms with Gasteiger partial charge in [-0.1, -0.05) is 25.3 Å². The van der Waals surface area contributed by atoms with E-state index in [1.165, 1.54) is 0 Å². The predicted molar refractivity (Wildman–Crippen MR) is 130 cm³/mol. The lowest BCUT2D eigenvalue weighted by Crippen LogP contribution is -2.36. The molecule has 4 rings (SSSR count). The Balaban J connectivity index is 1.57. The molecule has 1 aromatic carbocycles. The maximum absolute atomic E-state index is 13.2. The fourth-order valence-electron chi connectivity index (χ4n) is 4.49. The fraction of sp³-hybridized carbons (Fsp3) is 0.417. The highest BCUT2D eigenvalue weighted by Gasteiger charge is 2.29. The molecule has 0 radical (unpaired) electrons. The first-order chi connectivity index (χ1) is 15.7. The molecule has 3 aromatic rings. The minimum Gasteiger partial charge on any atom is -0.390 e. The van der Waals surface area contributed by atoms with Crippen LogP contribution in [0.2, 0.25) is 0 Å². The van der Waals surface area contributed by atoms with Crippen molar-refractivity contribution < 1.29 is 14.3 Å². The first-order valence-electron chi connectivity index (χ1n) is 11.4. The number of nitrogens with one attached hydrogen (secondary N) is 4. The van der Waals surface area contributed by atoms with Crippen molar-refractivity contribution in [1.82, 2.24) is 14.9 Å². The smallest absolute Gasteiger partial charge is 0.279 e. The summed E-state index contributed by atoms with van der Waals surface area (Å²) in [5, 5.41) is 17.9. The standard InChI is InChI=1S/C24H32N6O2S/c1-16-6-7-19(33(26,32)28-11-10-24(31)8-4-3-5-9-24)14-20(16)18-13-21(23(25)27-15-18)22-12-17(2)29-30-22/h6-7,12-15,31H,3-5,8-11H2,1-2H3,(H2,25,27)(H,29,30)(H2,26,28,32)/p+1. The van der Waals surface area contributed by atoms with Crippen LogP contribution >= 0.6 is 0 Å². The molecule has 0 aliphatic heterocycles. The number of aromatic nitrogens is 3. The summed E-state index contributed by atoms with van der Waals surface area (Å²) in [6, 6.07) is 9.28. The van der Waals surface area contributed by atoms with Crippen LogP contribution in [-0.4, -0.2) is 31.7 Å². The number of aryl methyl sites for hydroxylation is 2. The minimum absolute atomic E-state index is 0.334. The van der Waals surface area contributed by atoms with Crippen LogP contribution in [0.25, 0.3) is 22.4 Å². The molecule has 9 heteroatoms. The monoisotopic (exact) mass is 469 g/mol. The van der Waals surface area contributed by atoms with E-state index in [4.69, 9.17) is 10.5 Å². The number of H-pyrrole nitrogens is 2. The van der Waals surface area contributed by atoms with E-state index in [0.29, 0.717) is 23.7 Å². The number of pyridine rings is 1. The molecule has 8 nitrogen and oxygen atoms in total. The van der Waals surface area contributed by atoms with Gasteiger partial charge in [0.1, 0.15) is 15.6 Å². The van der Waals surface area contributed by atoms with Gasteiger partial charge in [0.05, 0.1) is 22.3 Å². The van der Waals surface area contributed by atoms with Gasteiger partial charge in [-0.2, -0.15) is 5.10 Å². The number of nitrogens with zero attached hydrogens (tertiary/aromatic N) is 1.